The fraction of sp³-hybridized carbons (Fsp3) is 0.333. The number of rotatable bonds is 4. The number of hydrogen-bond acceptors (Lipinski definition) is 5. The van der Waals surface area contributed by atoms with Gasteiger partial charge >= 0.3 is 0 Å². The Labute approximate surface area is 104 Å². The molecule has 0 aliphatic rings. The van der Waals surface area contributed by atoms with Crippen LogP contribution in [0.25, 0.3) is 11.5 Å². The van der Waals surface area contributed by atoms with E-state index in [1.54, 1.807) is 0 Å². The zero-order valence-electron chi connectivity index (χ0n) is 10.2. The molecule has 0 spiro atoms. The molecule has 1 aromatic carbocycles. The molecule has 0 aliphatic heterocycles. The molecule has 5 nitrogen and oxygen atoms in total. The molecule has 1 heterocycles. The molecule has 0 aliphatic carbocycles. The van der Waals surface area contributed by atoms with Gasteiger partial charge in [0.05, 0.1) is 0 Å². The predicted molar refractivity (Wildman–Crippen MR) is 64.9 cm³/mol. The van der Waals surface area contributed by atoms with E-state index >= 15 is 0 Å². The Bertz CT molecular complexity index is 518. The Kier molecular flexibility index (Phi) is 3.45. The van der Waals surface area contributed by atoms with Gasteiger partial charge in [0.25, 0.3) is 11.8 Å². The number of aromatic hydroxyl groups is 1. The van der Waals surface area contributed by atoms with Gasteiger partial charge in [-0.3, -0.25) is 0 Å². The van der Waals surface area contributed by atoms with Crippen LogP contribution in [0.15, 0.2) is 22.7 Å². The van der Waals surface area contributed by atoms with Crippen molar-refractivity contribution in [1.82, 2.24) is 10.1 Å². The number of hydrogen-bond donors (Lipinski definition) is 1. The minimum Gasteiger partial charge on any atom is -0.507 e. The summed E-state index contributed by atoms with van der Waals surface area (Å²) in [6.45, 7) is 5.36. The number of nitrogens with zero attached hydrogens (tertiary/aromatic N) is 3. The molecular weight excluding hydrogens is 237 g/mol. The first-order valence-electron chi connectivity index (χ1n) is 5.73. The molecule has 0 atom stereocenters. The van der Waals surface area contributed by atoms with Crippen molar-refractivity contribution in [3.8, 4) is 17.2 Å². The van der Waals surface area contributed by atoms with Crippen LogP contribution >= 0.6 is 0 Å². The quantitative estimate of drug-likeness (QED) is 0.904. The number of aromatic nitrogens is 2. The van der Waals surface area contributed by atoms with E-state index in [4.69, 9.17) is 4.52 Å². The van der Waals surface area contributed by atoms with Gasteiger partial charge in [-0.1, -0.05) is 6.07 Å². The first kappa shape index (κ1) is 12.3. The van der Waals surface area contributed by atoms with Crippen molar-refractivity contribution in [2.45, 2.75) is 13.8 Å². The lowest BCUT2D eigenvalue weighted by atomic mass is 10.2. The molecule has 0 amide bonds. The van der Waals surface area contributed by atoms with E-state index in [2.05, 4.69) is 10.1 Å². The van der Waals surface area contributed by atoms with E-state index in [9.17, 15) is 9.50 Å². The van der Waals surface area contributed by atoms with Gasteiger partial charge in [0.1, 0.15) is 17.1 Å². The molecule has 2 rings (SSSR count). The summed E-state index contributed by atoms with van der Waals surface area (Å²) in [6.07, 6.45) is 0. The molecule has 1 aromatic heterocycles. The molecule has 2 aromatic rings. The lowest BCUT2D eigenvalue weighted by molar-refractivity contribution is 0.419. The van der Waals surface area contributed by atoms with Gasteiger partial charge in [-0.05, 0) is 31.1 Å². The standard InChI is InChI=1S/C12H14FN3O2/c1-3-16(4-2)12-14-11(18-15-12)10-8(13)6-5-7-9(10)17/h5-7,17H,3-4H2,1-2H3. The van der Waals surface area contributed by atoms with Gasteiger partial charge in [-0.15, -0.1) is 0 Å². The Morgan fingerprint density at radius 2 is 2.06 bits per heavy atom. The second-order valence-corrected chi connectivity index (χ2v) is 3.71. The average molecular weight is 251 g/mol. The maximum absolute atomic E-state index is 13.6. The Morgan fingerprint density at radius 3 is 2.67 bits per heavy atom. The molecule has 0 radical (unpaired) electrons. The van der Waals surface area contributed by atoms with E-state index in [0.717, 1.165) is 13.1 Å². The summed E-state index contributed by atoms with van der Waals surface area (Å²) < 4.78 is 18.6. The van der Waals surface area contributed by atoms with Gasteiger partial charge in [0.2, 0.25) is 0 Å². The minimum absolute atomic E-state index is 0.0208. The number of anilines is 1. The maximum Gasteiger partial charge on any atom is 0.266 e. The largest absolute Gasteiger partial charge is 0.507 e. The third-order valence-electron chi connectivity index (χ3n) is 2.67. The first-order valence-corrected chi connectivity index (χ1v) is 5.73. The van der Waals surface area contributed by atoms with Crippen molar-refractivity contribution in [3.05, 3.63) is 24.0 Å². The van der Waals surface area contributed by atoms with E-state index in [1.807, 2.05) is 18.7 Å². The van der Waals surface area contributed by atoms with Gasteiger partial charge in [-0.25, -0.2) is 4.39 Å². The van der Waals surface area contributed by atoms with Crippen LogP contribution in [0.4, 0.5) is 10.3 Å². The highest BCUT2D eigenvalue weighted by atomic mass is 19.1. The summed E-state index contributed by atoms with van der Waals surface area (Å²) in [6, 6.07) is 4.02. The van der Waals surface area contributed by atoms with Gasteiger partial charge < -0.3 is 14.5 Å². The van der Waals surface area contributed by atoms with E-state index in [-0.39, 0.29) is 17.2 Å². The van der Waals surface area contributed by atoms with Gasteiger partial charge in [-0.2, -0.15) is 4.98 Å². The Balaban J connectivity index is 2.41. The van der Waals surface area contributed by atoms with Crippen molar-refractivity contribution in [1.29, 1.82) is 0 Å². The van der Waals surface area contributed by atoms with Crippen LogP contribution in [0.3, 0.4) is 0 Å². The fourth-order valence-electron chi connectivity index (χ4n) is 1.68. The summed E-state index contributed by atoms with van der Waals surface area (Å²) >= 11 is 0. The normalized spacial score (nSPS) is 10.6. The van der Waals surface area contributed by atoms with E-state index < -0.39 is 5.82 Å². The summed E-state index contributed by atoms with van der Waals surface area (Å²) in [5.41, 5.74) is -0.0663. The highest BCUT2D eigenvalue weighted by Gasteiger charge is 2.19. The zero-order chi connectivity index (χ0) is 13.1. The fourth-order valence-corrected chi connectivity index (χ4v) is 1.68. The van der Waals surface area contributed by atoms with Crippen LogP contribution in [-0.4, -0.2) is 28.3 Å². The van der Waals surface area contributed by atoms with Crippen LogP contribution in [0.1, 0.15) is 13.8 Å². The lowest BCUT2D eigenvalue weighted by Crippen LogP contribution is -2.22. The average Bonchev–Trinajstić information content (AvgIpc) is 2.80. The molecule has 0 saturated carbocycles. The second kappa shape index (κ2) is 5.03. The molecule has 96 valence electrons. The van der Waals surface area contributed by atoms with Crippen molar-refractivity contribution in [2.24, 2.45) is 0 Å². The van der Waals surface area contributed by atoms with Crippen LogP contribution in [0, 0.1) is 5.82 Å². The van der Waals surface area contributed by atoms with Gasteiger partial charge in [0.15, 0.2) is 0 Å². The zero-order valence-corrected chi connectivity index (χ0v) is 10.2. The monoisotopic (exact) mass is 251 g/mol. The molecule has 1 N–H and O–H groups in total. The van der Waals surface area contributed by atoms with Crippen molar-refractivity contribution >= 4 is 5.95 Å². The van der Waals surface area contributed by atoms with Crippen LogP contribution < -0.4 is 4.90 Å². The molecular formula is C12H14FN3O2. The summed E-state index contributed by atoms with van der Waals surface area (Å²) in [5.74, 6) is -0.445. The van der Waals surface area contributed by atoms with E-state index in [0.29, 0.717) is 5.95 Å². The highest BCUT2D eigenvalue weighted by Crippen LogP contribution is 2.31. The van der Waals surface area contributed by atoms with Crippen molar-refractivity contribution in [2.75, 3.05) is 18.0 Å². The maximum atomic E-state index is 13.6. The highest BCUT2D eigenvalue weighted by molar-refractivity contribution is 5.63. The van der Waals surface area contributed by atoms with Crippen LogP contribution in [0.5, 0.6) is 5.75 Å². The van der Waals surface area contributed by atoms with Crippen LogP contribution in [-0.2, 0) is 0 Å². The first-order chi connectivity index (χ1) is 8.67. The summed E-state index contributed by atoms with van der Waals surface area (Å²) in [7, 11) is 0. The predicted octanol–water partition coefficient (Wildman–Crippen LogP) is 2.43. The third kappa shape index (κ3) is 2.13. The summed E-state index contributed by atoms with van der Waals surface area (Å²) in [4.78, 5) is 5.96. The number of phenolic OH excluding ortho intramolecular Hbond substituents is 1. The second-order valence-electron chi connectivity index (χ2n) is 3.71. The smallest absolute Gasteiger partial charge is 0.266 e. The van der Waals surface area contributed by atoms with Crippen molar-refractivity contribution in [3.63, 3.8) is 0 Å². The van der Waals surface area contributed by atoms with Crippen molar-refractivity contribution < 1.29 is 14.0 Å². The van der Waals surface area contributed by atoms with Gasteiger partial charge in [0, 0.05) is 13.1 Å². The molecule has 0 unspecified atom stereocenters. The molecule has 18 heavy (non-hydrogen) atoms. The molecule has 0 bridgehead atoms. The molecule has 0 saturated heterocycles. The lowest BCUT2D eigenvalue weighted by Gasteiger charge is -2.14. The minimum atomic E-state index is -0.593. The van der Waals surface area contributed by atoms with E-state index in [1.165, 1.54) is 18.2 Å². The third-order valence-corrected chi connectivity index (χ3v) is 2.67. The Morgan fingerprint density at radius 1 is 1.33 bits per heavy atom. The number of halogens is 1. The molecule has 0 fully saturated rings. The molecule has 6 heteroatoms. The number of benzene rings is 1. The number of phenols is 1. The SMILES string of the molecule is CCN(CC)c1noc(-c2c(O)cccc2F)n1. The van der Waals surface area contributed by atoms with Crippen LogP contribution in [0.2, 0.25) is 0 Å². The summed E-state index contributed by atoms with van der Waals surface area (Å²) in [5, 5.41) is 13.4. The topological polar surface area (TPSA) is 62.4 Å². The Hall–Kier alpha value is -2.11.